The van der Waals surface area contributed by atoms with Crippen LogP contribution >= 0.6 is 0 Å². The van der Waals surface area contributed by atoms with Crippen LogP contribution in [0, 0.1) is 17.8 Å². The maximum absolute atomic E-state index is 13.9. The predicted octanol–water partition coefficient (Wildman–Crippen LogP) is 4.59. The Hall–Kier alpha value is -2.36. The number of nitrogens with two attached hydrogens (primary N) is 1. The Morgan fingerprint density at radius 3 is 2.03 bits per heavy atom. The molecule has 0 saturated heterocycles. The highest BCUT2D eigenvalue weighted by Gasteiger charge is 2.51. The second kappa shape index (κ2) is 12.5. The van der Waals surface area contributed by atoms with Crippen molar-refractivity contribution < 1.29 is 27.9 Å². The molecule has 2 saturated carbocycles. The fourth-order valence-electron chi connectivity index (χ4n) is 6.17. The van der Waals surface area contributed by atoms with Crippen LogP contribution in [0.5, 0.6) is 0 Å². The van der Waals surface area contributed by atoms with Gasteiger partial charge in [0.25, 0.3) is 0 Å². The van der Waals surface area contributed by atoms with Gasteiger partial charge in [-0.3, -0.25) is 9.59 Å². The summed E-state index contributed by atoms with van der Waals surface area (Å²) in [7, 11) is 0. The van der Waals surface area contributed by atoms with Gasteiger partial charge in [0.1, 0.15) is 11.9 Å². The Bertz CT molecular complexity index is 872. The zero-order valence-electron chi connectivity index (χ0n) is 21.9. The number of carbonyl (C=O) groups is 2. The second-order valence-electron chi connectivity index (χ2n) is 11.4. The lowest BCUT2D eigenvalue weighted by molar-refractivity contribution is -0.194. The molecule has 4 N–H and O–H groups in total. The molecule has 1 aromatic rings. The molecule has 1 aromatic heterocycles. The molecular weight excluding hydrogens is 485 g/mol. The van der Waals surface area contributed by atoms with Gasteiger partial charge in [0.05, 0.1) is 12.1 Å². The average Bonchev–Trinajstić information content (AvgIpc) is 2.85. The number of anilines is 1. The maximum atomic E-state index is 13.9. The van der Waals surface area contributed by atoms with Crippen molar-refractivity contribution in [2.45, 2.75) is 102 Å². The Kier molecular flexibility index (Phi) is 9.83. The number of carbonyl (C=O) groups excluding carboxylic acids is 2. The summed E-state index contributed by atoms with van der Waals surface area (Å²) in [5, 5.41) is 13.3. The molecule has 0 radical (unpaired) electrons. The monoisotopic (exact) mass is 526 g/mol. The normalized spacial score (nSPS) is 19.0. The zero-order valence-corrected chi connectivity index (χ0v) is 21.9. The molecule has 2 amide bonds. The highest BCUT2D eigenvalue weighted by Crippen LogP contribution is 2.44. The molecule has 7 nitrogen and oxygen atoms in total. The molecule has 1 heterocycles. The van der Waals surface area contributed by atoms with E-state index in [1.807, 2.05) is 0 Å². The van der Waals surface area contributed by atoms with Crippen LogP contribution in [0.4, 0.5) is 19.0 Å². The van der Waals surface area contributed by atoms with Gasteiger partial charge in [0.2, 0.25) is 5.91 Å². The van der Waals surface area contributed by atoms with E-state index in [1.54, 1.807) is 12.1 Å². The van der Waals surface area contributed by atoms with Gasteiger partial charge >= 0.3 is 12.1 Å². The van der Waals surface area contributed by atoms with Crippen LogP contribution in [0.15, 0.2) is 18.3 Å². The molecule has 2 fully saturated rings. The minimum absolute atomic E-state index is 0.0381. The average molecular weight is 527 g/mol. The van der Waals surface area contributed by atoms with Crippen molar-refractivity contribution in [2.24, 2.45) is 17.8 Å². The van der Waals surface area contributed by atoms with Gasteiger partial charge in [-0.25, -0.2) is 4.98 Å². The fraction of sp³-hybridized carbons (Fsp3) is 0.741. The van der Waals surface area contributed by atoms with Crippen LogP contribution in [0.1, 0.15) is 83.6 Å². The molecule has 10 heteroatoms. The van der Waals surface area contributed by atoms with Crippen molar-refractivity contribution in [3.05, 3.63) is 23.9 Å². The first-order chi connectivity index (χ1) is 17.4. The number of hydrogen-bond acceptors (Lipinski definition) is 5. The van der Waals surface area contributed by atoms with E-state index in [2.05, 4.69) is 10.3 Å². The summed E-state index contributed by atoms with van der Waals surface area (Å²) in [6, 6.07) is 1.93. The first-order valence-electron chi connectivity index (χ1n) is 13.4. The molecule has 2 aliphatic carbocycles. The highest BCUT2D eigenvalue weighted by atomic mass is 19.4. The minimum atomic E-state index is -5.17. The molecule has 2 aliphatic rings. The smallest absolute Gasteiger partial charge is 0.389 e. The van der Waals surface area contributed by atoms with Crippen LogP contribution in [0.3, 0.4) is 0 Å². The Balaban J connectivity index is 2.03. The van der Waals surface area contributed by atoms with Gasteiger partial charge in [-0.1, -0.05) is 70.3 Å². The SMILES string of the molecule is CC(C)(O)CN(C(=O)C(F)(F)F)[C@@H](C(=O)NCc1ccc(N)nc1)C(C1CCCCC1)C1CCCCC1. The van der Waals surface area contributed by atoms with Gasteiger partial charge in [-0.15, -0.1) is 0 Å². The van der Waals surface area contributed by atoms with Crippen molar-refractivity contribution >= 4 is 17.6 Å². The summed E-state index contributed by atoms with van der Waals surface area (Å²) in [4.78, 5) is 31.3. The van der Waals surface area contributed by atoms with E-state index in [9.17, 15) is 27.9 Å². The quantitative estimate of drug-likeness (QED) is 0.436. The first-order valence-corrected chi connectivity index (χ1v) is 13.4. The summed E-state index contributed by atoms with van der Waals surface area (Å²) >= 11 is 0. The van der Waals surface area contributed by atoms with Crippen LogP contribution in [-0.4, -0.2) is 51.2 Å². The molecule has 3 rings (SSSR count). The molecule has 0 unspecified atom stereocenters. The van der Waals surface area contributed by atoms with Crippen LogP contribution in [0.2, 0.25) is 0 Å². The van der Waals surface area contributed by atoms with Gasteiger partial charge in [-0.2, -0.15) is 13.2 Å². The Morgan fingerprint density at radius 2 is 1.59 bits per heavy atom. The number of nitrogen functional groups attached to an aromatic ring is 1. The van der Waals surface area contributed by atoms with E-state index in [0.717, 1.165) is 64.2 Å². The molecule has 208 valence electrons. The lowest BCUT2D eigenvalue weighted by atomic mass is 9.66. The van der Waals surface area contributed by atoms with Crippen molar-refractivity contribution in [1.82, 2.24) is 15.2 Å². The number of aromatic nitrogens is 1. The number of amides is 2. The molecule has 1 atom stereocenters. The minimum Gasteiger partial charge on any atom is -0.389 e. The summed E-state index contributed by atoms with van der Waals surface area (Å²) in [6.45, 7) is 2.16. The fourth-order valence-corrected chi connectivity index (χ4v) is 6.17. The lowest BCUT2D eigenvalue weighted by Crippen LogP contribution is -2.61. The molecule has 37 heavy (non-hydrogen) atoms. The summed E-state index contributed by atoms with van der Waals surface area (Å²) in [5.74, 6) is -2.74. The third-order valence-corrected chi connectivity index (χ3v) is 7.73. The molecular formula is C27H41F3N4O3. The standard InChI is InChI=1S/C27H41F3N4O3/c1-26(2,37)17-34(25(36)27(28,29)30)23(24(35)33-16-18-13-14-21(31)32-15-18)22(19-9-5-3-6-10-19)20-11-7-4-8-12-20/h13-15,19-20,22-23,37H,3-12,16-17H2,1-2H3,(H2,31,32)(H,33,35)/t23-/m1/s1. The number of pyridine rings is 1. The van der Waals surface area contributed by atoms with Gasteiger partial charge in [0, 0.05) is 12.7 Å². The van der Waals surface area contributed by atoms with Gasteiger partial charge in [-0.05, 0) is 43.2 Å². The van der Waals surface area contributed by atoms with Crippen LogP contribution in [-0.2, 0) is 16.1 Å². The van der Waals surface area contributed by atoms with E-state index >= 15 is 0 Å². The Labute approximate surface area is 217 Å². The van der Waals surface area contributed by atoms with E-state index in [-0.39, 0.29) is 18.4 Å². The zero-order chi connectivity index (χ0) is 27.2. The van der Waals surface area contributed by atoms with Gasteiger partial charge in [0.15, 0.2) is 0 Å². The third kappa shape index (κ3) is 8.32. The predicted molar refractivity (Wildman–Crippen MR) is 135 cm³/mol. The topological polar surface area (TPSA) is 109 Å². The van der Waals surface area contributed by atoms with Crippen molar-refractivity contribution in [2.75, 3.05) is 12.3 Å². The number of nitrogens with zero attached hydrogens (tertiary/aromatic N) is 2. The summed E-state index contributed by atoms with van der Waals surface area (Å²) < 4.78 is 41.7. The number of nitrogens with one attached hydrogen (secondary N) is 1. The number of alkyl halides is 3. The lowest BCUT2D eigenvalue weighted by Gasteiger charge is -2.46. The first kappa shape index (κ1) is 29.2. The summed E-state index contributed by atoms with van der Waals surface area (Å²) in [5.41, 5.74) is 4.66. The number of rotatable bonds is 9. The van der Waals surface area contributed by atoms with E-state index in [1.165, 1.54) is 20.0 Å². The molecule has 0 spiro atoms. The van der Waals surface area contributed by atoms with Crippen LogP contribution < -0.4 is 11.1 Å². The van der Waals surface area contributed by atoms with E-state index < -0.39 is 42.1 Å². The summed E-state index contributed by atoms with van der Waals surface area (Å²) in [6.07, 6.45) is 5.56. The van der Waals surface area contributed by atoms with E-state index in [0.29, 0.717) is 16.3 Å². The number of hydrogen-bond donors (Lipinski definition) is 3. The Morgan fingerprint density at radius 1 is 1.05 bits per heavy atom. The van der Waals surface area contributed by atoms with Crippen molar-refractivity contribution in [3.8, 4) is 0 Å². The largest absolute Gasteiger partial charge is 0.471 e. The second-order valence-corrected chi connectivity index (χ2v) is 11.4. The van der Waals surface area contributed by atoms with Crippen LogP contribution in [0.25, 0.3) is 0 Å². The van der Waals surface area contributed by atoms with Crippen molar-refractivity contribution in [1.29, 1.82) is 0 Å². The van der Waals surface area contributed by atoms with Crippen molar-refractivity contribution in [3.63, 3.8) is 0 Å². The number of aliphatic hydroxyl groups is 1. The third-order valence-electron chi connectivity index (χ3n) is 7.73. The maximum Gasteiger partial charge on any atom is 0.471 e. The van der Waals surface area contributed by atoms with Gasteiger partial charge < -0.3 is 21.1 Å². The highest BCUT2D eigenvalue weighted by molar-refractivity contribution is 5.90. The molecule has 0 aromatic carbocycles. The molecule has 0 aliphatic heterocycles. The molecule has 0 bridgehead atoms. The van der Waals surface area contributed by atoms with E-state index in [4.69, 9.17) is 5.73 Å². The number of halogens is 3.